The predicted molar refractivity (Wildman–Crippen MR) is 70.3 cm³/mol. The molecule has 0 aliphatic carbocycles. The summed E-state index contributed by atoms with van der Waals surface area (Å²) in [7, 11) is 0. The number of halogens is 1. The fourth-order valence-corrected chi connectivity index (χ4v) is 2.29. The first-order chi connectivity index (χ1) is 8.78. The Labute approximate surface area is 112 Å². The van der Waals surface area contributed by atoms with Crippen LogP contribution in [0.5, 0.6) is 5.88 Å². The molecule has 6 heteroatoms. The zero-order valence-electron chi connectivity index (χ0n) is 10.5. The topological polar surface area (TPSA) is 56.3 Å². The monoisotopic (exact) mass is 271 g/mol. The van der Waals surface area contributed by atoms with Crippen molar-refractivity contribution in [2.45, 2.75) is 25.3 Å². The Kier molecular flexibility index (Phi) is 4.60. The molecule has 0 aromatic carbocycles. The van der Waals surface area contributed by atoms with Crippen LogP contribution < -0.4 is 10.1 Å². The van der Waals surface area contributed by atoms with E-state index < -0.39 is 0 Å². The molecule has 1 N–H and O–H groups in total. The van der Waals surface area contributed by atoms with Gasteiger partial charge in [0.25, 0.3) is 0 Å². The van der Waals surface area contributed by atoms with Crippen molar-refractivity contribution in [2.24, 2.45) is 0 Å². The SMILES string of the molecule is CCOc1cncc(NC2(CCl)CCOCC2)n1. The molecule has 2 rings (SSSR count). The highest BCUT2D eigenvalue weighted by Gasteiger charge is 2.32. The van der Waals surface area contributed by atoms with Crippen molar-refractivity contribution >= 4 is 17.4 Å². The van der Waals surface area contributed by atoms with Crippen LogP contribution in [-0.2, 0) is 4.74 Å². The first-order valence-corrected chi connectivity index (χ1v) is 6.68. The van der Waals surface area contributed by atoms with Gasteiger partial charge in [-0.1, -0.05) is 0 Å². The van der Waals surface area contributed by atoms with Gasteiger partial charge in [-0.15, -0.1) is 11.6 Å². The molecule has 0 radical (unpaired) electrons. The number of nitrogens with one attached hydrogen (secondary N) is 1. The van der Waals surface area contributed by atoms with Crippen LogP contribution in [0.3, 0.4) is 0 Å². The van der Waals surface area contributed by atoms with Crippen molar-refractivity contribution in [1.29, 1.82) is 0 Å². The van der Waals surface area contributed by atoms with E-state index in [4.69, 9.17) is 21.1 Å². The van der Waals surface area contributed by atoms with Crippen LogP contribution >= 0.6 is 11.6 Å². The van der Waals surface area contributed by atoms with Crippen LogP contribution in [0.4, 0.5) is 5.82 Å². The zero-order valence-corrected chi connectivity index (χ0v) is 11.2. The third-order valence-electron chi connectivity index (χ3n) is 3.00. The van der Waals surface area contributed by atoms with Crippen molar-refractivity contribution in [3.8, 4) is 5.88 Å². The molecule has 0 spiro atoms. The lowest BCUT2D eigenvalue weighted by Crippen LogP contribution is -2.45. The van der Waals surface area contributed by atoms with Gasteiger partial charge < -0.3 is 14.8 Å². The van der Waals surface area contributed by atoms with Crippen LogP contribution in [0.1, 0.15) is 19.8 Å². The van der Waals surface area contributed by atoms with E-state index >= 15 is 0 Å². The van der Waals surface area contributed by atoms with Gasteiger partial charge >= 0.3 is 0 Å². The third-order valence-corrected chi connectivity index (χ3v) is 3.52. The van der Waals surface area contributed by atoms with Crippen LogP contribution in [0.2, 0.25) is 0 Å². The van der Waals surface area contributed by atoms with Crippen LogP contribution in [0.25, 0.3) is 0 Å². The largest absolute Gasteiger partial charge is 0.477 e. The Balaban J connectivity index is 2.08. The third kappa shape index (κ3) is 3.23. The summed E-state index contributed by atoms with van der Waals surface area (Å²) in [6.45, 7) is 3.93. The molecule has 0 saturated carbocycles. The van der Waals surface area contributed by atoms with Gasteiger partial charge in [-0.25, -0.2) is 0 Å². The molecule has 0 atom stereocenters. The minimum atomic E-state index is -0.153. The molecule has 0 amide bonds. The second-order valence-electron chi connectivity index (χ2n) is 4.33. The molecule has 1 aliphatic rings. The second kappa shape index (κ2) is 6.20. The fraction of sp³-hybridized carbons (Fsp3) is 0.667. The molecule has 5 nitrogen and oxygen atoms in total. The van der Waals surface area contributed by atoms with Gasteiger partial charge in [0.15, 0.2) is 0 Å². The second-order valence-corrected chi connectivity index (χ2v) is 4.59. The number of rotatable bonds is 5. The van der Waals surface area contributed by atoms with Crippen LogP contribution in [0, 0.1) is 0 Å². The Morgan fingerprint density at radius 3 is 2.89 bits per heavy atom. The van der Waals surface area contributed by atoms with E-state index in [0.717, 1.165) is 26.1 Å². The molecule has 2 heterocycles. The molecular weight excluding hydrogens is 254 g/mol. The quantitative estimate of drug-likeness (QED) is 0.831. The number of anilines is 1. The Morgan fingerprint density at radius 2 is 2.22 bits per heavy atom. The van der Waals surface area contributed by atoms with Crippen LogP contribution in [0.15, 0.2) is 12.4 Å². The van der Waals surface area contributed by atoms with Crippen LogP contribution in [-0.4, -0.2) is 41.2 Å². The van der Waals surface area contributed by atoms with Crippen molar-refractivity contribution in [2.75, 3.05) is 31.0 Å². The fourth-order valence-electron chi connectivity index (χ4n) is 1.95. The minimum absolute atomic E-state index is 0.153. The van der Waals surface area contributed by atoms with Gasteiger partial charge in [0.1, 0.15) is 5.82 Å². The molecular formula is C12H18ClN3O2. The number of alkyl halides is 1. The number of aromatic nitrogens is 2. The van der Waals surface area contributed by atoms with E-state index in [2.05, 4.69) is 15.3 Å². The maximum atomic E-state index is 6.09. The molecule has 1 saturated heterocycles. The highest BCUT2D eigenvalue weighted by Crippen LogP contribution is 2.26. The standard InChI is InChI=1S/C12H18ClN3O2/c1-2-18-11-8-14-7-10(15-11)16-12(9-13)3-5-17-6-4-12/h7-8H,2-6,9H2,1H3,(H,15,16). The summed E-state index contributed by atoms with van der Waals surface area (Å²) in [6.07, 6.45) is 5.03. The summed E-state index contributed by atoms with van der Waals surface area (Å²) >= 11 is 6.09. The highest BCUT2D eigenvalue weighted by atomic mass is 35.5. The van der Waals surface area contributed by atoms with Gasteiger partial charge in [-0.05, 0) is 19.8 Å². The van der Waals surface area contributed by atoms with E-state index in [1.165, 1.54) is 0 Å². The Hall–Kier alpha value is -1.07. The molecule has 1 aliphatic heterocycles. The van der Waals surface area contributed by atoms with Crippen molar-refractivity contribution in [3.05, 3.63) is 12.4 Å². The van der Waals surface area contributed by atoms with Gasteiger partial charge in [0.2, 0.25) is 5.88 Å². The van der Waals surface area contributed by atoms with E-state index in [9.17, 15) is 0 Å². The average Bonchev–Trinajstić information content (AvgIpc) is 2.41. The summed E-state index contributed by atoms with van der Waals surface area (Å²) in [5.41, 5.74) is -0.153. The first-order valence-electron chi connectivity index (χ1n) is 6.15. The number of hydrogen-bond donors (Lipinski definition) is 1. The summed E-state index contributed by atoms with van der Waals surface area (Å²) < 4.78 is 10.7. The summed E-state index contributed by atoms with van der Waals surface area (Å²) in [4.78, 5) is 8.46. The zero-order chi connectivity index (χ0) is 12.8. The first kappa shape index (κ1) is 13.4. The van der Waals surface area contributed by atoms with Gasteiger partial charge in [-0.3, -0.25) is 4.98 Å². The molecule has 1 aromatic heterocycles. The number of hydrogen-bond acceptors (Lipinski definition) is 5. The van der Waals surface area contributed by atoms with E-state index in [-0.39, 0.29) is 5.54 Å². The maximum Gasteiger partial charge on any atom is 0.234 e. The minimum Gasteiger partial charge on any atom is -0.477 e. The lowest BCUT2D eigenvalue weighted by molar-refractivity contribution is 0.0666. The molecule has 18 heavy (non-hydrogen) atoms. The molecule has 1 fully saturated rings. The Morgan fingerprint density at radius 1 is 1.44 bits per heavy atom. The lowest BCUT2D eigenvalue weighted by atomic mass is 9.92. The Bertz CT molecular complexity index is 383. The normalized spacial score (nSPS) is 18.3. The van der Waals surface area contributed by atoms with Crippen molar-refractivity contribution in [1.82, 2.24) is 9.97 Å². The van der Waals surface area contributed by atoms with Crippen molar-refractivity contribution < 1.29 is 9.47 Å². The van der Waals surface area contributed by atoms with E-state index in [1.807, 2.05) is 6.92 Å². The van der Waals surface area contributed by atoms with Gasteiger partial charge in [0, 0.05) is 19.1 Å². The highest BCUT2D eigenvalue weighted by molar-refractivity contribution is 6.18. The maximum absolute atomic E-state index is 6.09. The number of ether oxygens (including phenoxy) is 2. The molecule has 1 aromatic rings. The predicted octanol–water partition coefficient (Wildman–Crippen LogP) is 2.08. The van der Waals surface area contributed by atoms with E-state index in [0.29, 0.717) is 24.2 Å². The average molecular weight is 272 g/mol. The number of nitrogens with zero attached hydrogens (tertiary/aromatic N) is 2. The van der Waals surface area contributed by atoms with E-state index in [1.54, 1.807) is 12.4 Å². The summed E-state index contributed by atoms with van der Waals surface area (Å²) in [5.74, 6) is 1.75. The molecule has 0 unspecified atom stereocenters. The van der Waals surface area contributed by atoms with Crippen molar-refractivity contribution in [3.63, 3.8) is 0 Å². The van der Waals surface area contributed by atoms with Gasteiger partial charge in [-0.2, -0.15) is 4.98 Å². The molecule has 0 bridgehead atoms. The summed E-state index contributed by atoms with van der Waals surface area (Å²) in [5, 5.41) is 3.38. The summed E-state index contributed by atoms with van der Waals surface area (Å²) in [6, 6.07) is 0. The smallest absolute Gasteiger partial charge is 0.234 e. The lowest BCUT2D eigenvalue weighted by Gasteiger charge is -2.36. The van der Waals surface area contributed by atoms with Gasteiger partial charge in [0.05, 0.1) is 24.5 Å². The molecule has 100 valence electrons.